The molecule has 0 radical (unpaired) electrons. The minimum Gasteiger partial charge on any atom is -0.481 e. The van der Waals surface area contributed by atoms with E-state index in [0.29, 0.717) is 5.56 Å². The van der Waals surface area contributed by atoms with Crippen LogP contribution in [0.5, 0.6) is 0 Å². The Labute approximate surface area is 185 Å². The first-order valence-electron chi connectivity index (χ1n) is 10.1. The van der Waals surface area contributed by atoms with E-state index in [4.69, 9.17) is 0 Å². The van der Waals surface area contributed by atoms with E-state index >= 15 is 0 Å². The number of aliphatic carboxylic acids is 1. The van der Waals surface area contributed by atoms with Crippen molar-refractivity contribution in [2.24, 2.45) is 0 Å². The van der Waals surface area contributed by atoms with Crippen LogP contribution in [0.25, 0.3) is 11.1 Å². The van der Waals surface area contributed by atoms with Gasteiger partial charge in [0.25, 0.3) is 5.91 Å². The Morgan fingerprint density at radius 1 is 1.06 bits per heavy atom. The smallest absolute Gasteiger partial charge is 0.316 e. The number of carbonyl (C=O) groups is 4. The number of benzene rings is 2. The monoisotopic (exact) mass is 435 g/mol. The summed E-state index contributed by atoms with van der Waals surface area (Å²) in [5, 5.41) is 14.2. The van der Waals surface area contributed by atoms with E-state index < -0.39 is 35.8 Å². The van der Waals surface area contributed by atoms with Crippen molar-refractivity contribution in [3.05, 3.63) is 71.4 Å². The number of carboxylic acids is 1. The maximum absolute atomic E-state index is 12.5. The lowest BCUT2D eigenvalue weighted by Crippen LogP contribution is -2.55. The number of carbonyl (C=O) groups excluding carboxylic acids is 3. The second-order valence-corrected chi connectivity index (χ2v) is 7.76. The predicted molar refractivity (Wildman–Crippen MR) is 119 cm³/mol. The molecule has 3 rings (SSSR count). The molecule has 2 aromatic rings. The number of carboxylic acid groups (broad SMARTS) is 1. The Morgan fingerprint density at radius 3 is 2.28 bits per heavy atom. The summed E-state index contributed by atoms with van der Waals surface area (Å²) in [6.07, 6.45) is 2.17. The van der Waals surface area contributed by atoms with Crippen LogP contribution in [0.15, 0.2) is 54.7 Å². The Kier molecular flexibility index (Phi) is 6.73. The number of likely N-dealkylation sites (N-methyl/N-ethyl adjacent to an activating group) is 1. The maximum atomic E-state index is 12.5. The molecule has 3 N–H and O–H groups in total. The lowest BCUT2D eigenvalue weighted by atomic mass is 9.94. The average molecular weight is 435 g/mol. The summed E-state index contributed by atoms with van der Waals surface area (Å²) in [7, 11) is 1.48. The standard InChI is InChI=1S/C24H25N3O5/c1-14-5-4-6-15(2)21(14)17-9-7-16(8-10-17)18(13-20(29)30)25-24(32)26-22-19(28)11-12-27(3)23(22)31/h4-12,18,22H,13H2,1-3H3,(H,29,30)(H2,25,26,32)/t18-,22?/m0/s1. The van der Waals surface area contributed by atoms with E-state index in [1.165, 1.54) is 24.2 Å². The van der Waals surface area contributed by atoms with Crippen molar-refractivity contribution in [1.82, 2.24) is 15.5 Å². The first-order chi connectivity index (χ1) is 15.2. The second-order valence-electron chi connectivity index (χ2n) is 7.76. The fraction of sp³-hybridized carbons (Fsp3) is 0.250. The van der Waals surface area contributed by atoms with E-state index in [1.807, 2.05) is 44.2 Å². The fourth-order valence-corrected chi connectivity index (χ4v) is 3.72. The third-order valence-corrected chi connectivity index (χ3v) is 5.38. The van der Waals surface area contributed by atoms with E-state index in [-0.39, 0.29) is 6.42 Å². The van der Waals surface area contributed by atoms with Crippen LogP contribution in [0, 0.1) is 13.8 Å². The zero-order valence-corrected chi connectivity index (χ0v) is 18.1. The van der Waals surface area contributed by atoms with Crippen LogP contribution in [0.1, 0.15) is 29.2 Å². The van der Waals surface area contributed by atoms with Crippen LogP contribution in [0.3, 0.4) is 0 Å². The summed E-state index contributed by atoms with van der Waals surface area (Å²) >= 11 is 0. The van der Waals surface area contributed by atoms with Crippen molar-refractivity contribution < 1.29 is 24.3 Å². The molecule has 8 heteroatoms. The molecular formula is C24H25N3O5. The highest BCUT2D eigenvalue weighted by Crippen LogP contribution is 2.28. The maximum Gasteiger partial charge on any atom is 0.316 e. The van der Waals surface area contributed by atoms with Gasteiger partial charge in [-0.2, -0.15) is 0 Å². The molecule has 8 nitrogen and oxygen atoms in total. The third-order valence-electron chi connectivity index (χ3n) is 5.38. The lowest BCUT2D eigenvalue weighted by molar-refractivity contribution is -0.138. The van der Waals surface area contributed by atoms with Gasteiger partial charge in [-0.3, -0.25) is 14.4 Å². The van der Waals surface area contributed by atoms with Gasteiger partial charge in [0.1, 0.15) is 0 Å². The van der Waals surface area contributed by atoms with E-state index in [9.17, 15) is 24.3 Å². The van der Waals surface area contributed by atoms with Gasteiger partial charge in [0.15, 0.2) is 11.8 Å². The number of rotatable bonds is 6. The first-order valence-corrected chi connectivity index (χ1v) is 10.1. The van der Waals surface area contributed by atoms with Crippen LogP contribution in [0.4, 0.5) is 4.79 Å². The first kappa shape index (κ1) is 22.7. The summed E-state index contributed by atoms with van der Waals surface area (Å²) in [6.45, 7) is 4.05. The summed E-state index contributed by atoms with van der Waals surface area (Å²) in [4.78, 5) is 49.2. The molecule has 166 valence electrons. The molecule has 0 aliphatic carbocycles. The summed E-state index contributed by atoms with van der Waals surface area (Å²) < 4.78 is 0. The molecule has 3 amide bonds. The van der Waals surface area contributed by atoms with Crippen molar-refractivity contribution in [2.75, 3.05) is 7.05 Å². The Bertz CT molecular complexity index is 1070. The molecule has 0 saturated heterocycles. The number of nitrogens with zero attached hydrogens (tertiary/aromatic N) is 1. The third kappa shape index (κ3) is 5.03. The molecule has 1 aliphatic heterocycles. The molecule has 0 bridgehead atoms. The van der Waals surface area contributed by atoms with Crippen LogP contribution in [-0.4, -0.2) is 46.8 Å². The van der Waals surface area contributed by atoms with Gasteiger partial charge in [0.2, 0.25) is 0 Å². The molecule has 0 saturated carbocycles. The molecule has 0 spiro atoms. The van der Waals surface area contributed by atoms with Crippen LogP contribution >= 0.6 is 0 Å². The van der Waals surface area contributed by atoms with Gasteiger partial charge in [-0.1, -0.05) is 42.5 Å². The van der Waals surface area contributed by atoms with Crippen LogP contribution in [0.2, 0.25) is 0 Å². The predicted octanol–water partition coefficient (Wildman–Crippen LogP) is 2.71. The van der Waals surface area contributed by atoms with Crippen molar-refractivity contribution in [1.29, 1.82) is 0 Å². The SMILES string of the molecule is Cc1cccc(C)c1-c1ccc([C@H](CC(=O)O)NC(=O)NC2C(=O)C=CN(C)C2=O)cc1. The molecule has 1 unspecified atom stereocenters. The topological polar surface area (TPSA) is 116 Å². The molecule has 2 aromatic carbocycles. The van der Waals surface area contributed by atoms with Crippen LogP contribution < -0.4 is 10.6 Å². The van der Waals surface area contributed by atoms with Crippen molar-refractivity contribution >= 4 is 23.7 Å². The van der Waals surface area contributed by atoms with Gasteiger partial charge in [0.05, 0.1) is 12.5 Å². The molecule has 32 heavy (non-hydrogen) atoms. The Morgan fingerprint density at radius 2 is 1.69 bits per heavy atom. The number of aryl methyl sites for hydroxylation is 2. The van der Waals surface area contributed by atoms with Crippen molar-refractivity contribution in [2.45, 2.75) is 32.4 Å². The van der Waals surface area contributed by atoms with Crippen LogP contribution in [-0.2, 0) is 14.4 Å². The molecular weight excluding hydrogens is 410 g/mol. The highest BCUT2D eigenvalue weighted by molar-refractivity contribution is 6.14. The summed E-state index contributed by atoms with van der Waals surface area (Å²) in [5.41, 5.74) is 4.93. The molecule has 0 aromatic heterocycles. The molecule has 0 fully saturated rings. The lowest BCUT2D eigenvalue weighted by Gasteiger charge is -2.25. The summed E-state index contributed by atoms with van der Waals surface area (Å²) in [6, 6.07) is 10.3. The number of amides is 3. The minimum atomic E-state index is -1.35. The Hall–Kier alpha value is -3.94. The molecule has 1 heterocycles. The molecule has 2 atom stereocenters. The number of hydrogen-bond donors (Lipinski definition) is 3. The van der Waals surface area contributed by atoms with E-state index in [0.717, 1.165) is 22.3 Å². The quantitative estimate of drug-likeness (QED) is 0.604. The van der Waals surface area contributed by atoms with Gasteiger partial charge in [0, 0.05) is 19.3 Å². The normalized spacial score (nSPS) is 16.6. The number of urea groups is 1. The summed E-state index contributed by atoms with van der Waals surface area (Å²) in [5.74, 6) is -2.21. The van der Waals surface area contributed by atoms with E-state index in [2.05, 4.69) is 10.6 Å². The highest BCUT2D eigenvalue weighted by Gasteiger charge is 2.32. The largest absolute Gasteiger partial charge is 0.481 e. The zero-order valence-electron chi connectivity index (χ0n) is 18.1. The van der Waals surface area contributed by atoms with Gasteiger partial charge in [-0.15, -0.1) is 0 Å². The second kappa shape index (κ2) is 9.47. The van der Waals surface area contributed by atoms with Crippen molar-refractivity contribution in [3.8, 4) is 11.1 Å². The minimum absolute atomic E-state index is 0.359. The zero-order chi connectivity index (χ0) is 23.4. The number of ketones is 1. The van der Waals surface area contributed by atoms with Gasteiger partial charge in [-0.05, 0) is 41.7 Å². The fourth-order valence-electron chi connectivity index (χ4n) is 3.72. The average Bonchev–Trinajstić information content (AvgIpc) is 2.73. The Balaban J connectivity index is 1.78. The number of nitrogens with one attached hydrogen (secondary N) is 2. The van der Waals surface area contributed by atoms with Gasteiger partial charge in [-0.25, -0.2) is 4.79 Å². The van der Waals surface area contributed by atoms with Crippen molar-refractivity contribution in [3.63, 3.8) is 0 Å². The van der Waals surface area contributed by atoms with Gasteiger partial charge >= 0.3 is 12.0 Å². The van der Waals surface area contributed by atoms with E-state index in [1.54, 1.807) is 12.1 Å². The van der Waals surface area contributed by atoms with Gasteiger partial charge < -0.3 is 20.6 Å². The highest BCUT2D eigenvalue weighted by atomic mass is 16.4. The molecule has 1 aliphatic rings. The number of hydrogen-bond acceptors (Lipinski definition) is 4.